The Hall–Kier alpha value is -1.36. The minimum Gasteiger partial charge on any atom is -0.334 e. The maximum Gasteiger partial charge on any atom is 0.105 e. The van der Waals surface area contributed by atoms with Crippen LogP contribution in [0.2, 0.25) is 0 Å². The van der Waals surface area contributed by atoms with Gasteiger partial charge in [-0.3, -0.25) is 9.80 Å². The first-order chi connectivity index (χ1) is 12.1. The highest BCUT2D eigenvalue weighted by Gasteiger charge is 2.45. The zero-order chi connectivity index (χ0) is 17.4. The number of nitrogens with zero attached hydrogens (tertiary/aromatic N) is 4. The Bertz CT molecular complexity index is 725. The van der Waals surface area contributed by atoms with Crippen molar-refractivity contribution in [3.8, 4) is 0 Å². The standard InChI is InChI=1S/C21H30N4.ClH/c1-17-4-6-19(7-5-17)21(8-9-21)16-25-12-10-24(11-13-25)15-20-14-22-18(2)23(20)3;/h4-7,14H,8-13,15-16H2,1-3H3;1H. The zero-order valence-electron chi connectivity index (χ0n) is 16.2. The van der Waals surface area contributed by atoms with Gasteiger partial charge in [0.05, 0.1) is 5.69 Å². The van der Waals surface area contributed by atoms with E-state index >= 15 is 0 Å². The Morgan fingerprint density at radius 2 is 1.58 bits per heavy atom. The van der Waals surface area contributed by atoms with Gasteiger partial charge >= 0.3 is 0 Å². The lowest BCUT2D eigenvalue weighted by atomic mass is 9.94. The molecule has 0 radical (unpaired) electrons. The van der Waals surface area contributed by atoms with Crippen molar-refractivity contribution in [3.63, 3.8) is 0 Å². The average molecular weight is 375 g/mol. The first-order valence-electron chi connectivity index (χ1n) is 9.55. The number of hydrogen-bond acceptors (Lipinski definition) is 3. The summed E-state index contributed by atoms with van der Waals surface area (Å²) in [5.74, 6) is 1.10. The number of hydrogen-bond donors (Lipinski definition) is 0. The molecule has 1 aliphatic heterocycles. The van der Waals surface area contributed by atoms with Crippen LogP contribution in [0.1, 0.15) is 35.5 Å². The van der Waals surface area contributed by atoms with Crippen LogP contribution in [0, 0.1) is 13.8 Å². The Balaban J connectivity index is 0.00000196. The minimum atomic E-state index is 0. The van der Waals surface area contributed by atoms with Crippen LogP contribution in [0.5, 0.6) is 0 Å². The molecule has 4 rings (SSSR count). The lowest BCUT2D eigenvalue weighted by Crippen LogP contribution is -2.48. The fourth-order valence-corrected chi connectivity index (χ4v) is 4.05. The summed E-state index contributed by atoms with van der Waals surface area (Å²) in [6, 6.07) is 9.24. The fourth-order valence-electron chi connectivity index (χ4n) is 4.05. The van der Waals surface area contributed by atoms with E-state index in [1.807, 2.05) is 6.20 Å². The van der Waals surface area contributed by atoms with Crippen molar-refractivity contribution in [2.45, 2.75) is 38.6 Å². The van der Waals surface area contributed by atoms with Crippen LogP contribution in [0.25, 0.3) is 0 Å². The molecule has 0 N–H and O–H groups in total. The molecule has 0 amide bonds. The molecule has 2 aliphatic rings. The van der Waals surface area contributed by atoms with Gasteiger partial charge in [-0.05, 0) is 32.3 Å². The Kier molecular flexibility index (Phi) is 5.75. The van der Waals surface area contributed by atoms with Crippen LogP contribution >= 0.6 is 12.4 Å². The van der Waals surface area contributed by atoms with E-state index in [-0.39, 0.29) is 12.4 Å². The average Bonchev–Trinajstić information content (AvgIpc) is 3.33. The van der Waals surface area contributed by atoms with E-state index in [1.165, 1.54) is 43.7 Å². The first-order valence-corrected chi connectivity index (χ1v) is 9.55. The van der Waals surface area contributed by atoms with E-state index < -0.39 is 0 Å². The predicted octanol–water partition coefficient (Wildman–Crippen LogP) is 3.31. The molecule has 5 heteroatoms. The maximum atomic E-state index is 4.42. The lowest BCUT2D eigenvalue weighted by molar-refractivity contribution is 0.117. The number of halogens is 1. The van der Waals surface area contributed by atoms with E-state index in [0.717, 1.165) is 25.5 Å². The van der Waals surface area contributed by atoms with Crippen molar-refractivity contribution in [2.75, 3.05) is 32.7 Å². The summed E-state index contributed by atoms with van der Waals surface area (Å²) in [6.45, 7) is 11.2. The van der Waals surface area contributed by atoms with Crippen LogP contribution < -0.4 is 0 Å². The Labute approximate surface area is 163 Å². The van der Waals surface area contributed by atoms with E-state index in [0.29, 0.717) is 5.41 Å². The maximum absolute atomic E-state index is 4.42. The third-order valence-corrected chi connectivity index (χ3v) is 6.21. The molecule has 1 saturated carbocycles. The van der Waals surface area contributed by atoms with Crippen molar-refractivity contribution < 1.29 is 0 Å². The van der Waals surface area contributed by atoms with Crippen molar-refractivity contribution >= 4 is 12.4 Å². The van der Waals surface area contributed by atoms with Crippen molar-refractivity contribution in [1.29, 1.82) is 0 Å². The number of benzene rings is 1. The Morgan fingerprint density at radius 3 is 2.12 bits per heavy atom. The van der Waals surface area contributed by atoms with Gasteiger partial charge in [0.15, 0.2) is 0 Å². The van der Waals surface area contributed by atoms with E-state index in [9.17, 15) is 0 Å². The van der Waals surface area contributed by atoms with Crippen LogP contribution in [0.15, 0.2) is 30.5 Å². The van der Waals surface area contributed by atoms with Gasteiger partial charge in [-0.25, -0.2) is 4.98 Å². The van der Waals surface area contributed by atoms with Gasteiger partial charge in [0.2, 0.25) is 0 Å². The van der Waals surface area contributed by atoms with Crippen LogP contribution in [0.3, 0.4) is 0 Å². The van der Waals surface area contributed by atoms with Crippen LogP contribution in [-0.4, -0.2) is 52.1 Å². The molecule has 0 bridgehead atoms. The van der Waals surface area contributed by atoms with Crippen molar-refractivity contribution in [3.05, 3.63) is 53.1 Å². The van der Waals surface area contributed by atoms with E-state index in [1.54, 1.807) is 5.56 Å². The third kappa shape index (κ3) is 3.98. The molecule has 0 spiro atoms. The topological polar surface area (TPSA) is 24.3 Å². The van der Waals surface area contributed by atoms with Gasteiger partial charge < -0.3 is 4.57 Å². The van der Waals surface area contributed by atoms with Crippen molar-refractivity contribution in [1.82, 2.24) is 19.4 Å². The summed E-state index contributed by atoms with van der Waals surface area (Å²) < 4.78 is 2.21. The second-order valence-electron chi connectivity index (χ2n) is 8.05. The quantitative estimate of drug-likeness (QED) is 0.802. The molecule has 1 aromatic heterocycles. The molecule has 2 fully saturated rings. The monoisotopic (exact) mass is 374 g/mol. The van der Waals surface area contributed by atoms with Gasteiger partial charge in [0.1, 0.15) is 5.82 Å². The highest BCUT2D eigenvalue weighted by molar-refractivity contribution is 5.85. The molecule has 1 aromatic carbocycles. The van der Waals surface area contributed by atoms with Crippen LogP contribution in [0.4, 0.5) is 0 Å². The molecule has 0 atom stereocenters. The van der Waals surface area contributed by atoms with Crippen LogP contribution in [-0.2, 0) is 19.0 Å². The molecule has 4 nitrogen and oxygen atoms in total. The third-order valence-electron chi connectivity index (χ3n) is 6.21. The number of rotatable bonds is 5. The predicted molar refractivity (Wildman–Crippen MR) is 109 cm³/mol. The number of aryl methyl sites for hydroxylation is 2. The number of aromatic nitrogens is 2. The summed E-state index contributed by atoms with van der Waals surface area (Å²) in [4.78, 5) is 9.67. The summed E-state index contributed by atoms with van der Waals surface area (Å²) in [5, 5.41) is 0. The highest BCUT2D eigenvalue weighted by atomic mass is 35.5. The molecule has 2 heterocycles. The molecular weight excluding hydrogens is 344 g/mol. The minimum absolute atomic E-state index is 0. The fraction of sp³-hybridized carbons (Fsp3) is 0.571. The van der Waals surface area contributed by atoms with Gasteiger partial charge in [0, 0.05) is 57.9 Å². The lowest BCUT2D eigenvalue weighted by Gasteiger charge is -2.36. The molecule has 26 heavy (non-hydrogen) atoms. The molecule has 1 aliphatic carbocycles. The zero-order valence-corrected chi connectivity index (χ0v) is 17.1. The Morgan fingerprint density at radius 1 is 0.962 bits per heavy atom. The smallest absolute Gasteiger partial charge is 0.105 e. The first kappa shape index (κ1) is 19.4. The summed E-state index contributed by atoms with van der Waals surface area (Å²) >= 11 is 0. The molecule has 142 valence electrons. The normalized spacial score (nSPS) is 20.0. The molecule has 2 aromatic rings. The van der Waals surface area contributed by atoms with Crippen molar-refractivity contribution in [2.24, 2.45) is 7.05 Å². The van der Waals surface area contributed by atoms with Gasteiger partial charge in [-0.15, -0.1) is 12.4 Å². The highest BCUT2D eigenvalue weighted by Crippen LogP contribution is 2.48. The van der Waals surface area contributed by atoms with E-state index in [2.05, 4.69) is 64.5 Å². The SMILES string of the molecule is Cc1ccc(C2(CN3CCN(Cc4cnc(C)n4C)CC3)CC2)cc1.Cl. The number of piperazine rings is 1. The second kappa shape index (κ2) is 7.71. The summed E-state index contributed by atoms with van der Waals surface area (Å²) in [5.41, 5.74) is 4.67. The van der Waals surface area contributed by atoms with E-state index in [4.69, 9.17) is 0 Å². The summed E-state index contributed by atoms with van der Waals surface area (Å²) in [6.07, 6.45) is 4.73. The van der Waals surface area contributed by atoms with Gasteiger partial charge in [-0.2, -0.15) is 0 Å². The second-order valence-corrected chi connectivity index (χ2v) is 8.05. The van der Waals surface area contributed by atoms with Gasteiger partial charge in [-0.1, -0.05) is 29.8 Å². The van der Waals surface area contributed by atoms with Gasteiger partial charge in [0.25, 0.3) is 0 Å². The molecular formula is C21H31ClN4. The summed E-state index contributed by atoms with van der Waals surface area (Å²) in [7, 11) is 2.12. The molecule has 1 saturated heterocycles. The number of imidazole rings is 1. The molecule has 0 unspecified atom stereocenters. The largest absolute Gasteiger partial charge is 0.334 e.